The van der Waals surface area contributed by atoms with E-state index in [9.17, 15) is 4.79 Å². The van der Waals surface area contributed by atoms with Gasteiger partial charge in [0.2, 0.25) is 0 Å². The summed E-state index contributed by atoms with van der Waals surface area (Å²) in [5.74, 6) is 0.199. The number of fused-ring (bicyclic) bond motifs is 3. The van der Waals surface area contributed by atoms with Crippen LogP contribution in [0, 0.1) is 5.41 Å². The lowest BCUT2D eigenvalue weighted by molar-refractivity contribution is 0.0519. The van der Waals surface area contributed by atoms with E-state index in [1.807, 2.05) is 6.92 Å². The van der Waals surface area contributed by atoms with Crippen molar-refractivity contribution in [2.75, 3.05) is 6.61 Å². The number of rotatable bonds is 3. The molecular formula is C19H26N2O2S. The van der Waals surface area contributed by atoms with Crippen molar-refractivity contribution in [3.05, 3.63) is 22.0 Å². The zero-order chi connectivity index (χ0) is 17.3. The van der Waals surface area contributed by atoms with Gasteiger partial charge in [-0.2, -0.15) is 0 Å². The van der Waals surface area contributed by atoms with Gasteiger partial charge in [0.15, 0.2) is 10.7 Å². The molecule has 2 aromatic rings. The summed E-state index contributed by atoms with van der Waals surface area (Å²) in [6.45, 7) is 11.6. The second-order valence-corrected chi connectivity index (χ2v) is 9.72. The first-order valence-electron chi connectivity index (χ1n) is 8.95. The van der Waals surface area contributed by atoms with Gasteiger partial charge in [-0.3, -0.25) is 4.40 Å². The molecule has 4 rings (SSSR count). The number of carbonyl (C=O) groups is 1. The minimum absolute atomic E-state index is 0.160. The van der Waals surface area contributed by atoms with E-state index in [1.54, 1.807) is 11.3 Å². The Hall–Kier alpha value is -1.36. The number of nitrogens with zero attached hydrogens (tertiary/aromatic N) is 2. The highest BCUT2D eigenvalue weighted by Gasteiger charge is 2.43. The lowest BCUT2D eigenvalue weighted by Crippen LogP contribution is -2.34. The standard InChI is InChI=1S/C19H26N2O2S/c1-6-23-16(22)13-14(11-7-8-11)21-12-9-18(2,3)10-19(4,5)15(12)24-17(21)20-13/h11H,6-10H2,1-5H3. The molecule has 0 atom stereocenters. The lowest BCUT2D eigenvalue weighted by atomic mass is 9.67. The van der Waals surface area contributed by atoms with Crippen LogP contribution in [-0.4, -0.2) is 22.0 Å². The predicted octanol–water partition coefficient (Wildman–Crippen LogP) is 4.70. The summed E-state index contributed by atoms with van der Waals surface area (Å²) < 4.78 is 7.57. The molecule has 0 radical (unpaired) electrons. The van der Waals surface area contributed by atoms with Crippen LogP contribution < -0.4 is 0 Å². The van der Waals surface area contributed by atoms with Gasteiger partial charge in [-0.15, -0.1) is 11.3 Å². The molecule has 0 spiro atoms. The average molecular weight is 346 g/mol. The van der Waals surface area contributed by atoms with E-state index >= 15 is 0 Å². The number of ether oxygens (including phenoxy) is 1. The largest absolute Gasteiger partial charge is 0.461 e. The van der Waals surface area contributed by atoms with E-state index < -0.39 is 0 Å². The Morgan fingerprint density at radius 1 is 1.33 bits per heavy atom. The Balaban J connectivity index is 1.95. The van der Waals surface area contributed by atoms with Crippen LogP contribution in [0.1, 0.15) is 86.6 Å². The minimum atomic E-state index is -0.265. The van der Waals surface area contributed by atoms with Gasteiger partial charge in [0, 0.05) is 21.9 Å². The van der Waals surface area contributed by atoms with E-state index in [2.05, 4.69) is 32.1 Å². The SMILES string of the molecule is CCOC(=O)c1nc2sc3c(n2c1C1CC1)CC(C)(C)CC3(C)C. The first-order valence-corrected chi connectivity index (χ1v) is 9.77. The van der Waals surface area contributed by atoms with E-state index in [4.69, 9.17) is 9.72 Å². The molecule has 0 aromatic carbocycles. The topological polar surface area (TPSA) is 43.6 Å². The molecular weight excluding hydrogens is 320 g/mol. The molecule has 0 amide bonds. The van der Waals surface area contributed by atoms with Gasteiger partial charge >= 0.3 is 5.97 Å². The molecule has 2 aliphatic carbocycles. The first kappa shape index (κ1) is 16.1. The fraction of sp³-hybridized carbons (Fsp3) is 0.684. The minimum Gasteiger partial charge on any atom is -0.461 e. The third kappa shape index (κ3) is 2.40. The molecule has 2 aromatic heterocycles. The fourth-order valence-electron chi connectivity index (χ4n) is 4.56. The van der Waals surface area contributed by atoms with Gasteiger partial charge in [0.05, 0.1) is 12.3 Å². The van der Waals surface area contributed by atoms with Crippen LogP contribution in [0.25, 0.3) is 4.96 Å². The smallest absolute Gasteiger partial charge is 0.358 e. The maximum absolute atomic E-state index is 12.4. The van der Waals surface area contributed by atoms with Gasteiger partial charge in [-0.1, -0.05) is 27.7 Å². The zero-order valence-electron chi connectivity index (χ0n) is 15.2. The number of imidazole rings is 1. The summed E-state index contributed by atoms with van der Waals surface area (Å²) in [7, 11) is 0. The number of carbonyl (C=O) groups excluding carboxylic acids is 1. The maximum Gasteiger partial charge on any atom is 0.358 e. The maximum atomic E-state index is 12.4. The van der Waals surface area contributed by atoms with Crippen LogP contribution in [0.15, 0.2) is 0 Å². The molecule has 2 aliphatic rings. The molecule has 0 unspecified atom stereocenters. The van der Waals surface area contributed by atoms with Gasteiger partial charge in [0.1, 0.15) is 0 Å². The quantitative estimate of drug-likeness (QED) is 0.757. The van der Waals surface area contributed by atoms with Crippen LogP contribution in [0.2, 0.25) is 0 Å². The van der Waals surface area contributed by atoms with E-state index in [-0.39, 0.29) is 16.8 Å². The first-order chi connectivity index (χ1) is 11.2. The van der Waals surface area contributed by atoms with E-state index in [0.29, 0.717) is 18.2 Å². The zero-order valence-corrected chi connectivity index (χ0v) is 16.0. The fourth-order valence-corrected chi connectivity index (χ4v) is 5.80. The van der Waals surface area contributed by atoms with E-state index in [1.165, 1.54) is 17.0 Å². The third-order valence-corrected chi connectivity index (χ3v) is 6.67. The predicted molar refractivity (Wildman–Crippen MR) is 96.1 cm³/mol. The highest BCUT2D eigenvalue weighted by molar-refractivity contribution is 7.17. The Bertz CT molecular complexity index is 824. The number of esters is 1. The van der Waals surface area contributed by atoms with Gasteiger partial charge in [-0.05, 0) is 38.0 Å². The average Bonchev–Trinajstić information content (AvgIpc) is 3.11. The van der Waals surface area contributed by atoms with Crippen LogP contribution in [0.3, 0.4) is 0 Å². The highest BCUT2D eigenvalue weighted by atomic mass is 32.1. The Morgan fingerprint density at radius 2 is 2.04 bits per heavy atom. The van der Waals surface area contributed by atoms with Crippen LogP contribution in [-0.2, 0) is 16.6 Å². The summed E-state index contributed by atoms with van der Waals surface area (Å²) in [6.07, 6.45) is 4.53. The number of hydrogen-bond donors (Lipinski definition) is 0. The molecule has 2 heterocycles. The van der Waals surface area contributed by atoms with Crippen LogP contribution >= 0.6 is 11.3 Å². The molecule has 24 heavy (non-hydrogen) atoms. The van der Waals surface area contributed by atoms with Crippen LogP contribution in [0.5, 0.6) is 0 Å². The Kier molecular flexibility index (Phi) is 3.41. The second-order valence-electron chi connectivity index (χ2n) is 8.74. The van der Waals surface area contributed by atoms with Crippen molar-refractivity contribution in [2.45, 2.75) is 71.6 Å². The van der Waals surface area contributed by atoms with E-state index in [0.717, 1.165) is 29.9 Å². The molecule has 1 fully saturated rings. The second kappa shape index (κ2) is 5.07. The summed E-state index contributed by atoms with van der Waals surface area (Å²) >= 11 is 1.77. The van der Waals surface area contributed by atoms with Gasteiger partial charge in [-0.25, -0.2) is 9.78 Å². The van der Waals surface area contributed by atoms with Crippen LogP contribution in [0.4, 0.5) is 0 Å². The highest BCUT2D eigenvalue weighted by Crippen LogP contribution is 2.51. The van der Waals surface area contributed by atoms with Gasteiger partial charge in [0.25, 0.3) is 0 Å². The number of thiazole rings is 1. The third-order valence-electron chi connectivity index (χ3n) is 5.22. The molecule has 0 saturated heterocycles. The van der Waals surface area contributed by atoms with Crippen molar-refractivity contribution in [1.82, 2.24) is 9.38 Å². The Morgan fingerprint density at radius 3 is 2.67 bits per heavy atom. The Labute approximate surface area is 147 Å². The lowest BCUT2D eigenvalue weighted by Gasteiger charge is -2.40. The number of aromatic nitrogens is 2. The van der Waals surface area contributed by atoms with Crippen molar-refractivity contribution >= 4 is 22.3 Å². The molecule has 0 aliphatic heterocycles. The van der Waals surface area contributed by atoms with Crippen molar-refractivity contribution in [2.24, 2.45) is 5.41 Å². The summed E-state index contributed by atoms with van der Waals surface area (Å²) in [5.41, 5.74) is 3.46. The normalized spacial score (nSPS) is 21.7. The molecule has 4 nitrogen and oxygen atoms in total. The molecule has 0 bridgehead atoms. The van der Waals surface area contributed by atoms with Crippen molar-refractivity contribution in [3.8, 4) is 0 Å². The molecule has 1 saturated carbocycles. The monoisotopic (exact) mass is 346 g/mol. The van der Waals surface area contributed by atoms with Crippen molar-refractivity contribution in [3.63, 3.8) is 0 Å². The molecule has 5 heteroatoms. The molecule has 0 N–H and O–H groups in total. The summed E-state index contributed by atoms with van der Waals surface area (Å²) in [6, 6.07) is 0. The molecule has 130 valence electrons. The van der Waals surface area contributed by atoms with Crippen molar-refractivity contribution in [1.29, 1.82) is 0 Å². The number of hydrogen-bond acceptors (Lipinski definition) is 4. The van der Waals surface area contributed by atoms with Crippen molar-refractivity contribution < 1.29 is 9.53 Å². The van der Waals surface area contributed by atoms with Gasteiger partial charge < -0.3 is 4.74 Å². The summed E-state index contributed by atoms with van der Waals surface area (Å²) in [4.78, 5) is 19.5. The summed E-state index contributed by atoms with van der Waals surface area (Å²) in [5, 5.41) is 0.